The molecule has 35 heavy (non-hydrogen) atoms. The van der Waals surface area contributed by atoms with E-state index < -0.39 is 46.2 Å². The van der Waals surface area contributed by atoms with Gasteiger partial charge in [0.15, 0.2) is 0 Å². The van der Waals surface area contributed by atoms with Gasteiger partial charge < -0.3 is 23.7 Å². The maximum atomic E-state index is 11.6. The van der Waals surface area contributed by atoms with Gasteiger partial charge in [-0.1, -0.05) is 102 Å². The van der Waals surface area contributed by atoms with E-state index in [4.69, 9.17) is 63.9 Å². The Morgan fingerprint density at radius 2 is 1.46 bits per heavy atom. The molecule has 0 spiro atoms. The minimum atomic E-state index is -2.06. The van der Waals surface area contributed by atoms with Gasteiger partial charge in [0, 0.05) is 12.8 Å². The zero-order chi connectivity index (χ0) is 25.4. The summed E-state index contributed by atoms with van der Waals surface area (Å²) < 4.78 is 27.4. The number of alkyl halides is 3. The number of carbonyl (C=O) groups is 1. The summed E-state index contributed by atoms with van der Waals surface area (Å²) in [4.78, 5) is 11.6. The molecule has 10 heteroatoms. The average molecular weight is 545 g/mol. The first-order valence-corrected chi connectivity index (χ1v) is 12.2. The maximum Gasteiger partial charge on any atom is 0.302 e. The average Bonchev–Trinajstić information content (AvgIpc) is 2.83. The molecule has 3 rings (SSSR count). The van der Waals surface area contributed by atoms with Crippen LogP contribution in [0.25, 0.3) is 0 Å². The zero-order valence-electron chi connectivity index (χ0n) is 19.4. The number of benzene rings is 2. The third-order valence-electron chi connectivity index (χ3n) is 5.46. The molecule has 190 valence electrons. The molecule has 7 nitrogen and oxygen atoms in total. The molecule has 0 radical (unpaired) electrons. The van der Waals surface area contributed by atoms with Crippen LogP contribution < -0.4 is 0 Å². The number of halogens is 3. The van der Waals surface area contributed by atoms with E-state index in [2.05, 4.69) is 0 Å². The predicted octanol–water partition coefficient (Wildman–Crippen LogP) is 5.45. The fourth-order valence-corrected chi connectivity index (χ4v) is 3.81. The second kappa shape index (κ2) is 12.9. The highest BCUT2D eigenvalue weighted by molar-refractivity contribution is 6.76. The van der Waals surface area contributed by atoms with Gasteiger partial charge in [0.1, 0.15) is 18.8 Å². The summed E-state index contributed by atoms with van der Waals surface area (Å²) in [5.74, 6) is -1.49. The summed E-state index contributed by atoms with van der Waals surface area (Å²) in [5, 5.41) is 7.99. The summed E-state index contributed by atoms with van der Waals surface area (Å²) in [6, 6.07) is 19.3. The highest BCUT2D eigenvalue weighted by Gasteiger charge is 2.48. The van der Waals surface area contributed by atoms with Crippen molar-refractivity contribution in [2.24, 2.45) is 5.92 Å². The van der Waals surface area contributed by atoms with E-state index in [-0.39, 0.29) is 6.61 Å². The van der Waals surface area contributed by atoms with Gasteiger partial charge in [0.2, 0.25) is 12.2 Å². The Labute approximate surface area is 220 Å². The third-order valence-corrected chi connectivity index (χ3v) is 5.97. The molecule has 0 aliphatic carbocycles. The molecule has 1 aliphatic rings. The smallest absolute Gasteiger partial charge is 0.302 e. The van der Waals surface area contributed by atoms with Crippen LogP contribution in [0.15, 0.2) is 60.7 Å². The molecule has 1 N–H and O–H groups in total. The van der Waals surface area contributed by atoms with E-state index in [1.807, 2.05) is 67.6 Å². The first-order valence-electron chi connectivity index (χ1n) is 11.1. The van der Waals surface area contributed by atoms with E-state index in [9.17, 15) is 4.79 Å². The molecular weight excluding hydrogens is 517 g/mol. The number of rotatable bonds is 9. The number of ether oxygens (including phenoxy) is 5. The molecule has 2 aromatic rings. The molecule has 0 bridgehead atoms. The van der Waals surface area contributed by atoms with Crippen LogP contribution in [0.5, 0.6) is 0 Å². The lowest BCUT2D eigenvalue weighted by atomic mass is 9.91. The van der Waals surface area contributed by atoms with Gasteiger partial charge in [-0.15, -0.1) is 0 Å². The second-order valence-corrected chi connectivity index (χ2v) is 10.5. The Kier molecular flexibility index (Phi) is 10.2. The Morgan fingerprint density at radius 3 is 1.94 bits per heavy atom. The molecule has 0 amide bonds. The predicted molar refractivity (Wildman–Crippen MR) is 134 cm³/mol. The number of esters is 1. The van der Waals surface area contributed by atoms with E-state index >= 15 is 0 Å². The normalized spacial score (nSPS) is 24.5. The van der Waals surface area contributed by atoms with E-state index in [0.717, 1.165) is 11.1 Å². The van der Waals surface area contributed by atoms with Gasteiger partial charge in [-0.05, 0) is 11.1 Å². The van der Waals surface area contributed by atoms with Crippen LogP contribution >= 0.6 is 34.8 Å². The molecule has 1 heterocycles. The number of hydrogen-bond acceptors (Lipinski definition) is 7. The summed E-state index contributed by atoms with van der Waals surface area (Å²) in [5.41, 5.74) is 1.93. The van der Waals surface area contributed by atoms with Gasteiger partial charge in [0.05, 0.1) is 19.3 Å². The van der Waals surface area contributed by atoms with Crippen molar-refractivity contribution >= 4 is 46.7 Å². The molecule has 5 atom stereocenters. The van der Waals surface area contributed by atoms with Gasteiger partial charge in [-0.25, -0.2) is 0 Å². The summed E-state index contributed by atoms with van der Waals surface area (Å²) >= 11 is 17.4. The second-order valence-electron chi connectivity index (χ2n) is 8.17. The Morgan fingerprint density at radius 1 is 0.943 bits per heavy atom. The van der Waals surface area contributed by atoms with Crippen LogP contribution in [0, 0.1) is 11.3 Å². The van der Waals surface area contributed by atoms with Crippen LogP contribution in [0.2, 0.25) is 0 Å². The Bertz CT molecular complexity index is 957. The van der Waals surface area contributed by atoms with E-state index in [1.165, 1.54) is 6.92 Å². The summed E-state index contributed by atoms with van der Waals surface area (Å²) in [7, 11) is 0. The first kappa shape index (κ1) is 27.7. The van der Waals surface area contributed by atoms with E-state index in [1.54, 1.807) is 0 Å². The van der Waals surface area contributed by atoms with Crippen molar-refractivity contribution in [3.63, 3.8) is 0 Å². The van der Waals surface area contributed by atoms with Crippen molar-refractivity contribution in [3.05, 3.63) is 71.8 Å². The molecule has 2 unspecified atom stereocenters. The van der Waals surface area contributed by atoms with Gasteiger partial charge in [-0.3, -0.25) is 10.2 Å². The first-order chi connectivity index (χ1) is 16.6. The quantitative estimate of drug-likeness (QED) is 0.196. The van der Waals surface area contributed by atoms with Crippen LogP contribution in [0.4, 0.5) is 0 Å². The van der Waals surface area contributed by atoms with Crippen LogP contribution in [-0.4, -0.2) is 46.9 Å². The zero-order valence-corrected chi connectivity index (χ0v) is 21.6. The van der Waals surface area contributed by atoms with Crippen LogP contribution in [-0.2, 0) is 41.7 Å². The number of hydrogen-bond donors (Lipinski definition) is 1. The van der Waals surface area contributed by atoms with Crippen molar-refractivity contribution < 1.29 is 28.5 Å². The van der Waals surface area contributed by atoms with Crippen molar-refractivity contribution in [3.8, 4) is 0 Å². The topological polar surface area (TPSA) is 87.1 Å². The summed E-state index contributed by atoms with van der Waals surface area (Å²) in [6.45, 7) is 3.64. The molecule has 1 saturated heterocycles. The van der Waals surface area contributed by atoms with Gasteiger partial charge in [-0.2, -0.15) is 0 Å². The lowest BCUT2D eigenvalue weighted by Crippen LogP contribution is -2.58. The molecule has 0 aromatic heterocycles. The minimum Gasteiger partial charge on any atom is -0.463 e. The molecule has 0 saturated carbocycles. The minimum absolute atomic E-state index is 0.104. The van der Waals surface area contributed by atoms with Gasteiger partial charge >= 0.3 is 5.97 Å². The third kappa shape index (κ3) is 8.34. The SMILES string of the molecule is CC(=O)OCC1O[C@H](OC(=N)C(Cl)(Cl)Cl)C(C)[C@@H](OCc2ccccc2)[C@@H]1OCc1ccccc1. The Balaban J connectivity index is 1.85. The van der Waals surface area contributed by atoms with E-state index in [0.29, 0.717) is 13.2 Å². The molecule has 1 fully saturated rings. The largest absolute Gasteiger partial charge is 0.463 e. The van der Waals surface area contributed by atoms with Gasteiger partial charge in [0.25, 0.3) is 3.79 Å². The fraction of sp³-hybridized carbons (Fsp3) is 0.440. The van der Waals surface area contributed by atoms with Crippen molar-refractivity contribution in [2.75, 3.05) is 6.61 Å². The highest BCUT2D eigenvalue weighted by Crippen LogP contribution is 2.35. The fourth-order valence-electron chi connectivity index (χ4n) is 3.67. The number of carbonyl (C=O) groups excluding carboxylic acids is 1. The highest BCUT2D eigenvalue weighted by atomic mass is 35.6. The molecular formula is C25H28Cl3NO6. The standard InChI is InChI=1S/C25H28Cl3NO6/c1-16-21(32-13-18-9-5-3-6-10-18)22(33-14-19-11-7-4-8-12-19)20(15-31-17(2)30)34-23(16)35-24(29)25(26,27)28/h3-12,16,20-23,29H,13-15H2,1-2H3/t16?,20?,21-,22-,23-/m1/s1. The Hall–Kier alpha value is -1.87. The number of nitrogens with one attached hydrogen (secondary N) is 1. The van der Waals surface area contributed by atoms with Crippen LogP contribution in [0.1, 0.15) is 25.0 Å². The summed E-state index contributed by atoms with van der Waals surface area (Å²) in [6.07, 6.45) is -2.93. The lowest BCUT2D eigenvalue weighted by Gasteiger charge is -2.45. The lowest BCUT2D eigenvalue weighted by molar-refractivity contribution is -0.283. The maximum absolute atomic E-state index is 11.6. The molecule has 1 aliphatic heterocycles. The molecule has 2 aromatic carbocycles. The van der Waals surface area contributed by atoms with Crippen molar-refractivity contribution in [1.82, 2.24) is 0 Å². The van der Waals surface area contributed by atoms with Crippen molar-refractivity contribution in [2.45, 2.75) is 55.5 Å². The van der Waals surface area contributed by atoms with Crippen LogP contribution in [0.3, 0.4) is 0 Å². The monoisotopic (exact) mass is 543 g/mol. The van der Waals surface area contributed by atoms with Crippen molar-refractivity contribution in [1.29, 1.82) is 5.41 Å².